The molecular weight excluding hydrogens is 362 g/mol. The first kappa shape index (κ1) is 19.1. The third kappa shape index (κ3) is 4.20. The molecule has 1 N–H and O–H groups in total. The van der Waals surface area contributed by atoms with Gasteiger partial charge < -0.3 is 14.4 Å². The molecule has 1 heterocycles. The van der Waals surface area contributed by atoms with Crippen molar-refractivity contribution in [2.75, 3.05) is 46.3 Å². The Balaban J connectivity index is 2.01. The fraction of sp³-hybridized carbons (Fsp3) is 0.300. The number of carbonyl (C=O) groups is 1. The third-order valence-corrected chi connectivity index (χ3v) is 5.29. The SMILES string of the molecule is COc1ccc2sc(N(CC[NH+](C)C)C(=O)c3ccccc3OC)nc2c1. The molecule has 0 unspecified atom stereocenters. The number of likely N-dealkylation sites (N-methyl/N-ethyl adjacent to an activating group) is 1. The van der Waals surface area contributed by atoms with Crippen molar-refractivity contribution in [1.82, 2.24) is 4.98 Å². The number of amides is 1. The normalized spacial score (nSPS) is 11.0. The van der Waals surface area contributed by atoms with Crippen molar-refractivity contribution >= 4 is 32.6 Å². The molecule has 0 spiro atoms. The fourth-order valence-electron chi connectivity index (χ4n) is 2.72. The van der Waals surface area contributed by atoms with Crippen LogP contribution in [0, 0.1) is 0 Å². The highest BCUT2D eigenvalue weighted by Gasteiger charge is 2.24. The number of hydrogen-bond acceptors (Lipinski definition) is 5. The van der Waals surface area contributed by atoms with Crippen LogP contribution in [0.3, 0.4) is 0 Å². The highest BCUT2D eigenvalue weighted by Crippen LogP contribution is 2.32. The molecule has 2 aromatic carbocycles. The molecule has 1 amide bonds. The number of ether oxygens (including phenoxy) is 2. The van der Waals surface area contributed by atoms with Gasteiger partial charge >= 0.3 is 0 Å². The van der Waals surface area contributed by atoms with E-state index in [0.29, 0.717) is 23.0 Å². The molecular formula is C20H24N3O3S+. The quantitative estimate of drug-likeness (QED) is 0.676. The average Bonchev–Trinajstić information content (AvgIpc) is 3.10. The first-order chi connectivity index (χ1) is 13.0. The van der Waals surface area contributed by atoms with E-state index in [1.807, 2.05) is 30.3 Å². The number of nitrogens with zero attached hydrogens (tertiary/aromatic N) is 2. The van der Waals surface area contributed by atoms with Gasteiger partial charge in [-0.3, -0.25) is 9.69 Å². The van der Waals surface area contributed by atoms with Crippen LogP contribution in [0.2, 0.25) is 0 Å². The maximum Gasteiger partial charge on any atom is 0.264 e. The molecule has 1 aromatic heterocycles. The Morgan fingerprint density at radius 1 is 1.15 bits per heavy atom. The van der Waals surface area contributed by atoms with E-state index >= 15 is 0 Å². The van der Waals surface area contributed by atoms with Gasteiger partial charge in [-0.1, -0.05) is 23.5 Å². The number of methoxy groups -OCH3 is 2. The van der Waals surface area contributed by atoms with Crippen LogP contribution in [0.1, 0.15) is 10.4 Å². The molecule has 0 aliphatic rings. The molecule has 0 fully saturated rings. The van der Waals surface area contributed by atoms with Crippen molar-refractivity contribution in [3.63, 3.8) is 0 Å². The molecule has 0 atom stereocenters. The number of fused-ring (bicyclic) bond motifs is 1. The number of quaternary nitrogens is 1. The Bertz CT molecular complexity index is 939. The number of anilines is 1. The van der Waals surface area contributed by atoms with Gasteiger partial charge in [-0.05, 0) is 24.3 Å². The standard InChI is InChI=1S/C20H23N3O3S/c1-22(2)11-12-23(19(24)15-7-5-6-8-17(15)26-4)20-21-16-13-14(25-3)9-10-18(16)27-20/h5-10,13H,11-12H2,1-4H3/p+1. The molecule has 7 heteroatoms. The lowest BCUT2D eigenvalue weighted by Crippen LogP contribution is -3.06. The first-order valence-corrected chi connectivity index (χ1v) is 9.53. The minimum atomic E-state index is -0.111. The van der Waals surface area contributed by atoms with Gasteiger partial charge in [-0.2, -0.15) is 0 Å². The number of aromatic nitrogens is 1. The van der Waals surface area contributed by atoms with Crippen molar-refractivity contribution < 1.29 is 19.2 Å². The van der Waals surface area contributed by atoms with Gasteiger partial charge in [0.25, 0.3) is 5.91 Å². The van der Waals surface area contributed by atoms with Crippen LogP contribution in [-0.2, 0) is 0 Å². The fourth-order valence-corrected chi connectivity index (χ4v) is 3.69. The first-order valence-electron chi connectivity index (χ1n) is 8.72. The maximum atomic E-state index is 13.3. The van der Waals surface area contributed by atoms with E-state index < -0.39 is 0 Å². The third-order valence-electron chi connectivity index (χ3n) is 4.23. The van der Waals surface area contributed by atoms with Crippen LogP contribution in [0.15, 0.2) is 42.5 Å². The van der Waals surface area contributed by atoms with Crippen LogP contribution in [-0.4, -0.2) is 52.3 Å². The van der Waals surface area contributed by atoms with Gasteiger partial charge in [0.05, 0.1) is 57.2 Å². The van der Waals surface area contributed by atoms with E-state index in [-0.39, 0.29) is 5.91 Å². The summed E-state index contributed by atoms with van der Waals surface area (Å²) in [4.78, 5) is 21.0. The van der Waals surface area contributed by atoms with Crippen molar-refractivity contribution in [3.05, 3.63) is 48.0 Å². The van der Waals surface area contributed by atoms with Crippen molar-refractivity contribution in [3.8, 4) is 11.5 Å². The van der Waals surface area contributed by atoms with Crippen LogP contribution in [0.5, 0.6) is 11.5 Å². The lowest BCUT2D eigenvalue weighted by molar-refractivity contribution is -0.856. The second-order valence-electron chi connectivity index (χ2n) is 6.44. The summed E-state index contributed by atoms with van der Waals surface area (Å²) in [6, 6.07) is 13.0. The molecule has 6 nitrogen and oxygen atoms in total. The van der Waals surface area contributed by atoms with Crippen molar-refractivity contribution in [2.45, 2.75) is 0 Å². The topological polar surface area (TPSA) is 56.1 Å². The summed E-state index contributed by atoms with van der Waals surface area (Å²) in [5.74, 6) is 1.20. The average molecular weight is 386 g/mol. The predicted molar refractivity (Wildman–Crippen MR) is 109 cm³/mol. The van der Waals surface area contributed by atoms with Crippen LogP contribution >= 0.6 is 11.3 Å². The number of thiazole rings is 1. The summed E-state index contributed by atoms with van der Waals surface area (Å²) < 4.78 is 11.7. The zero-order valence-corrected chi connectivity index (χ0v) is 16.8. The van der Waals surface area contributed by atoms with Gasteiger partial charge in [0.2, 0.25) is 0 Å². The zero-order valence-electron chi connectivity index (χ0n) is 16.0. The zero-order chi connectivity index (χ0) is 19.4. The number of nitrogens with one attached hydrogen (secondary N) is 1. The second kappa shape index (κ2) is 8.37. The van der Waals surface area contributed by atoms with Crippen LogP contribution < -0.4 is 19.3 Å². The molecule has 0 aliphatic carbocycles. The Morgan fingerprint density at radius 3 is 2.63 bits per heavy atom. The smallest absolute Gasteiger partial charge is 0.264 e. The predicted octanol–water partition coefficient (Wildman–Crippen LogP) is 2.10. The summed E-state index contributed by atoms with van der Waals surface area (Å²) in [5, 5.41) is 0.676. The Kier molecular flexibility index (Phi) is 5.93. The molecule has 27 heavy (non-hydrogen) atoms. The second-order valence-corrected chi connectivity index (χ2v) is 7.45. The van der Waals surface area contributed by atoms with Gasteiger partial charge in [0.15, 0.2) is 5.13 Å². The Morgan fingerprint density at radius 2 is 1.93 bits per heavy atom. The van der Waals surface area contributed by atoms with Gasteiger partial charge in [-0.25, -0.2) is 4.98 Å². The minimum Gasteiger partial charge on any atom is -0.497 e. The van der Waals surface area contributed by atoms with Gasteiger partial charge in [0.1, 0.15) is 11.5 Å². The Hall–Kier alpha value is -2.64. The summed E-state index contributed by atoms with van der Waals surface area (Å²) in [6.45, 7) is 1.37. The van der Waals surface area contributed by atoms with Crippen molar-refractivity contribution in [2.24, 2.45) is 0 Å². The van der Waals surface area contributed by atoms with Crippen LogP contribution in [0.25, 0.3) is 10.2 Å². The summed E-state index contributed by atoms with van der Waals surface area (Å²) in [7, 11) is 7.33. The lowest BCUT2D eigenvalue weighted by Gasteiger charge is -2.21. The van der Waals surface area contributed by atoms with E-state index in [2.05, 4.69) is 14.1 Å². The van der Waals surface area contributed by atoms with Crippen molar-refractivity contribution in [1.29, 1.82) is 0 Å². The summed E-state index contributed by atoms with van der Waals surface area (Å²) in [5.41, 5.74) is 1.36. The molecule has 0 aliphatic heterocycles. The van der Waals surface area contributed by atoms with E-state index in [0.717, 1.165) is 22.5 Å². The number of rotatable bonds is 7. The van der Waals surface area contributed by atoms with E-state index in [1.165, 1.54) is 16.2 Å². The molecule has 0 radical (unpaired) electrons. The maximum absolute atomic E-state index is 13.3. The molecule has 0 saturated heterocycles. The van der Waals surface area contributed by atoms with E-state index in [4.69, 9.17) is 14.5 Å². The monoisotopic (exact) mass is 386 g/mol. The van der Waals surface area contributed by atoms with Gasteiger partial charge in [-0.15, -0.1) is 0 Å². The number of carbonyl (C=O) groups excluding carboxylic acids is 1. The number of benzene rings is 2. The van der Waals surface area contributed by atoms with Gasteiger partial charge in [0, 0.05) is 6.07 Å². The molecule has 142 valence electrons. The Labute approximate surface area is 162 Å². The molecule has 3 rings (SSSR count). The lowest BCUT2D eigenvalue weighted by atomic mass is 10.1. The summed E-state index contributed by atoms with van der Waals surface area (Å²) in [6.07, 6.45) is 0. The number of hydrogen-bond donors (Lipinski definition) is 1. The molecule has 0 bridgehead atoms. The molecule has 0 saturated carbocycles. The van der Waals surface area contributed by atoms with E-state index in [1.54, 1.807) is 31.3 Å². The van der Waals surface area contributed by atoms with Crippen LogP contribution in [0.4, 0.5) is 5.13 Å². The van der Waals surface area contributed by atoms with E-state index in [9.17, 15) is 4.79 Å². The largest absolute Gasteiger partial charge is 0.497 e. The minimum absolute atomic E-state index is 0.111. The summed E-state index contributed by atoms with van der Waals surface area (Å²) >= 11 is 1.50. The molecule has 3 aromatic rings. The number of para-hydroxylation sites is 1. The highest BCUT2D eigenvalue weighted by molar-refractivity contribution is 7.22. The highest BCUT2D eigenvalue weighted by atomic mass is 32.1.